The zero-order valence-electron chi connectivity index (χ0n) is 11.6. The Morgan fingerprint density at radius 1 is 1.47 bits per heavy atom. The lowest BCUT2D eigenvalue weighted by Gasteiger charge is -2.26. The van der Waals surface area contributed by atoms with E-state index in [0.29, 0.717) is 18.9 Å². The Kier molecular flexibility index (Phi) is 5.33. The minimum absolute atomic E-state index is 0.271. The zero-order chi connectivity index (χ0) is 13.5. The minimum Gasteiger partial charge on any atom is -0.339 e. The lowest BCUT2D eigenvalue weighted by atomic mass is 9.95. The van der Waals surface area contributed by atoms with Crippen LogP contribution in [-0.4, -0.2) is 35.4 Å². The first kappa shape index (κ1) is 14.0. The van der Waals surface area contributed by atoms with Crippen molar-refractivity contribution in [3.8, 4) is 0 Å². The Labute approximate surface area is 115 Å². The van der Waals surface area contributed by atoms with Crippen molar-refractivity contribution in [1.29, 1.82) is 0 Å². The number of pyridine rings is 1. The Morgan fingerprint density at radius 3 is 2.89 bits per heavy atom. The fraction of sp³-hybridized carbons (Fsp3) is 0.600. The molecule has 1 aliphatic rings. The molecule has 2 heterocycles. The lowest BCUT2D eigenvalue weighted by molar-refractivity contribution is -0.132. The third-order valence-electron chi connectivity index (χ3n) is 3.72. The summed E-state index contributed by atoms with van der Waals surface area (Å²) >= 11 is 0. The van der Waals surface area contributed by atoms with Crippen molar-refractivity contribution in [3.05, 3.63) is 30.1 Å². The SMILES string of the molecule is CCN(Cc1ccncc1)C(=O)CC1CCCNC1. The van der Waals surface area contributed by atoms with Gasteiger partial charge < -0.3 is 10.2 Å². The number of hydrogen-bond acceptors (Lipinski definition) is 3. The van der Waals surface area contributed by atoms with Crippen LogP contribution in [0.25, 0.3) is 0 Å². The zero-order valence-corrected chi connectivity index (χ0v) is 11.6. The first-order chi connectivity index (χ1) is 9.29. The number of nitrogens with zero attached hydrogens (tertiary/aromatic N) is 2. The molecule has 0 saturated carbocycles. The average molecular weight is 261 g/mol. The molecule has 1 fully saturated rings. The third-order valence-corrected chi connectivity index (χ3v) is 3.72. The Bertz CT molecular complexity index is 388. The number of amides is 1. The highest BCUT2D eigenvalue weighted by atomic mass is 16.2. The van der Waals surface area contributed by atoms with E-state index in [4.69, 9.17) is 0 Å². The van der Waals surface area contributed by atoms with E-state index < -0.39 is 0 Å². The van der Waals surface area contributed by atoms with E-state index >= 15 is 0 Å². The Balaban J connectivity index is 1.87. The summed E-state index contributed by atoms with van der Waals surface area (Å²) in [5.41, 5.74) is 1.15. The molecule has 0 spiro atoms. The molecule has 104 valence electrons. The topological polar surface area (TPSA) is 45.2 Å². The molecule has 0 aliphatic carbocycles. The number of aromatic nitrogens is 1. The average Bonchev–Trinajstić information content (AvgIpc) is 2.47. The van der Waals surface area contributed by atoms with Crippen LogP contribution in [0.2, 0.25) is 0 Å². The van der Waals surface area contributed by atoms with Crippen LogP contribution >= 0.6 is 0 Å². The molecule has 4 nitrogen and oxygen atoms in total. The molecule has 0 aromatic carbocycles. The molecule has 1 amide bonds. The van der Waals surface area contributed by atoms with Crippen molar-refractivity contribution < 1.29 is 4.79 Å². The van der Waals surface area contributed by atoms with Crippen LogP contribution in [0.4, 0.5) is 0 Å². The van der Waals surface area contributed by atoms with Gasteiger partial charge in [0.15, 0.2) is 0 Å². The van der Waals surface area contributed by atoms with Gasteiger partial charge in [0.05, 0.1) is 0 Å². The molecule has 1 atom stereocenters. The standard InChI is InChI=1S/C15H23N3O/c1-2-18(12-13-5-8-16-9-6-13)15(19)10-14-4-3-7-17-11-14/h5-6,8-9,14,17H,2-4,7,10-12H2,1H3. The van der Waals surface area contributed by atoms with Crippen molar-refractivity contribution in [2.75, 3.05) is 19.6 Å². The van der Waals surface area contributed by atoms with E-state index in [1.54, 1.807) is 12.4 Å². The molecular weight excluding hydrogens is 238 g/mol. The van der Waals surface area contributed by atoms with Gasteiger partial charge in [-0.1, -0.05) is 0 Å². The van der Waals surface area contributed by atoms with Crippen molar-refractivity contribution >= 4 is 5.91 Å². The second-order valence-electron chi connectivity index (χ2n) is 5.18. The second-order valence-corrected chi connectivity index (χ2v) is 5.18. The molecule has 19 heavy (non-hydrogen) atoms. The van der Waals surface area contributed by atoms with Crippen LogP contribution in [0, 0.1) is 5.92 Å². The van der Waals surface area contributed by atoms with E-state index in [9.17, 15) is 4.79 Å². The van der Waals surface area contributed by atoms with Gasteiger partial charge in [-0.15, -0.1) is 0 Å². The number of carbonyl (C=O) groups is 1. The lowest BCUT2D eigenvalue weighted by Crippen LogP contribution is -2.36. The summed E-state index contributed by atoms with van der Waals surface area (Å²) in [5.74, 6) is 0.778. The van der Waals surface area contributed by atoms with E-state index in [2.05, 4.69) is 10.3 Å². The monoisotopic (exact) mass is 261 g/mol. The van der Waals surface area contributed by atoms with Gasteiger partial charge in [0.2, 0.25) is 5.91 Å². The first-order valence-electron chi connectivity index (χ1n) is 7.17. The Morgan fingerprint density at radius 2 is 2.26 bits per heavy atom. The van der Waals surface area contributed by atoms with Crippen LogP contribution in [0.1, 0.15) is 31.7 Å². The summed E-state index contributed by atoms with van der Waals surface area (Å²) in [6.07, 6.45) is 6.59. The molecular formula is C15H23N3O. The van der Waals surface area contributed by atoms with Crippen LogP contribution in [0.15, 0.2) is 24.5 Å². The smallest absolute Gasteiger partial charge is 0.223 e. The molecule has 1 aliphatic heterocycles. The summed E-state index contributed by atoms with van der Waals surface area (Å²) in [7, 11) is 0. The summed E-state index contributed by atoms with van der Waals surface area (Å²) in [6, 6.07) is 3.94. The molecule has 1 N–H and O–H groups in total. The van der Waals surface area contributed by atoms with Gasteiger partial charge in [0.25, 0.3) is 0 Å². The van der Waals surface area contributed by atoms with Gasteiger partial charge >= 0.3 is 0 Å². The van der Waals surface area contributed by atoms with Gasteiger partial charge in [-0.05, 0) is 56.5 Å². The highest BCUT2D eigenvalue weighted by Crippen LogP contribution is 2.16. The van der Waals surface area contributed by atoms with Gasteiger partial charge in [0.1, 0.15) is 0 Å². The van der Waals surface area contributed by atoms with Gasteiger partial charge in [0, 0.05) is 31.9 Å². The fourth-order valence-corrected chi connectivity index (χ4v) is 2.56. The number of nitrogens with one attached hydrogen (secondary N) is 1. The van der Waals surface area contributed by atoms with Crippen LogP contribution in [0.5, 0.6) is 0 Å². The van der Waals surface area contributed by atoms with Crippen molar-refractivity contribution in [2.45, 2.75) is 32.7 Å². The largest absolute Gasteiger partial charge is 0.339 e. The fourth-order valence-electron chi connectivity index (χ4n) is 2.56. The normalized spacial score (nSPS) is 19.1. The highest BCUT2D eigenvalue weighted by molar-refractivity contribution is 5.76. The molecule has 1 saturated heterocycles. The first-order valence-corrected chi connectivity index (χ1v) is 7.17. The molecule has 1 aromatic heterocycles. The van der Waals surface area contributed by atoms with Crippen molar-refractivity contribution in [1.82, 2.24) is 15.2 Å². The third kappa shape index (κ3) is 4.31. The maximum atomic E-state index is 12.3. The number of rotatable bonds is 5. The maximum absolute atomic E-state index is 12.3. The molecule has 1 unspecified atom stereocenters. The van der Waals surface area contributed by atoms with Crippen LogP contribution in [0.3, 0.4) is 0 Å². The predicted molar refractivity (Wildman–Crippen MR) is 75.5 cm³/mol. The van der Waals surface area contributed by atoms with E-state index in [1.165, 1.54) is 12.8 Å². The van der Waals surface area contributed by atoms with Crippen molar-refractivity contribution in [2.24, 2.45) is 5.92 Å². The van der Waals surface area contributed by atoms with E-state index in [1.807, 2.05) is 24.0 Å². The summed E-state index contributed by atoms with van der Waals surface area (Å²) < 4.78 is 0. The van der Waals surface area contributed by atoms with Crippen LogP contribution < -0.4 is 5.32 Å². The number of piperidine rings is 1. The molecule has 0 bridgehead atoms. The number of carbonyl (C=O) groups excluding carboxylic acids is 1. The minimum atomic E-state index is 0.271. The van der Waals surface area contributed by atoms with Crippen LogP contribution in [-0.2, 0) is 11.3 Å². The Hall–Kier alpha value is -1.42. The van der Waals surface area contributed by atoms with Crippen molar-refractivity contribution in [3.63, 3.8) is 0 Å². The van der Waals surface area contributed by atoms with E-state index in [-0.39, 0.29) is 5.91 Å². The summed E-state index contributed by atoms with van der Waals surface area (Å²) in [6.45, 7) is 5.58. The molecule has 4 heteroatoms. The number of hydrogen-bond donors (Lipinski definition) is 1. The maximum Gasteiger partial charge on any atom is 0.223 e. The predicted octanol–water partition coefficient (Wildman–Crippen LogP) is 1.82. The van der Waals surface area contributed by atoms with Gasteiger partial charge in [-0.25, -0.2) is 0 Å². The van der Waals surface area contributed by atoms with Gasteiger partial charge in [-0.3, -0.25) is 9.78 Å². The molecule has 2 rings (SSSR count). The summed E-state index contributed by atoms with van der Waals surface area (Å²) in [5, 5.41) is 3.37. The second kappa shape index (κ2) is 7.24. The quantitative estimate of drug-likeness (QED) is 0.879. The highest BCUT2D eigenvalue weighted by Gasteiger charge is 2.20. The molecule has 1 aromatic rings. The molecule has 0 radical (unpaired) electrons. The summed E-state index contributed by atoms with van der Waals surface area (Å²) in [4.78, 5) is 18.3. The van der Waals surface area contributed by atoms with Gasteiger partial charge in [-0.2, -0.15) is 0 Å². The van der Waals surface area contributed by atoms with E-state index in [0.717, 1.165) is 25.2 Å².